The fourth-order valence-electron chi connectivity index (χ4n) is 5.29. The van der Waals surface area contributed by atoms with Gasteiger partial charge in [0.15, 0.2) is 0 Å². The minimum absolute atomic E-state index is 0.171. The lowest BCUT2D eigenvalue weighted by atomic mass is 9.97. The molecule has 0 bridgehead atoms. The van der Waals surface area contributed by atoms with Gasteiger partial charge in [-0.2, -0.15) is 0 Å². The van der Waals surface area contributed by atoms with Crippen molar-refractivity contribution in [2.75, 3.05) is 33.4 Å². The number of ether oxygens (including phenoxy) is 2. The number of hydrogen-bond donors (Lipinski definition) is 2. The molecule has 3 aromatic carbocycles. The van der Waals surface area contributed by atoms with Crippen molar-refractivity contribution < 1.29 is 36.2 Å². The fraction of sp³-hybridized carbons (Fsp3) is 0.333. The van der Waals surface area contributed by atoms with Gasteiger partial charge in [-0.3, -0.25) is 4.90 Å². The number of fused-ring (bicyclic) bond motifs is 3. The molecule has 1 aliphatic rings. The normalized spacial score (nSPS) is 20.6. The Morgan fingerprint density at radius 2 is 1.56 bits per heavy atom. The second kappa shape index (κ2) is 11.6. The largest absolute Gasteiger partial charge is 0.573 e. The van der Waals surface area contributed by atoms with Crippen LogP contribution in [0.5, 0.6) is 5.75 Å². The summed E-state index contributed by atoms with van der Waals surface area (Å²) < 4.78 is 77.8. The monoisotopic (exact) mass is 631 g/mol. The molecule has 41 heavy (non-hydrogen) atoms. The molecule has 2 N–H and O–H groups in total. The third-order valence-electron chi connectivity index (χ3n) is 7.05. The predicted molar refractivity (Wildman–Crippen MR) is 150 cm³/mol. The summed E-state index contributed by atoms with van der Waals surface area (Å²) >= 11 is 12.6. The third kappa shape index (κ3) is 6.43. The first kappa shape index (κ1) is 29.9. The number of aliphatic hydroxyl groups is 1. The van der Waals surface area contributed by atoms with E-state index in [1.807, 2.05) is 33.7 Å². The van der Waals surface area contributed by atoms with Crippen molar-refractivity contribution in [3.63, 3.8) is 0 Å². The minimum Gasteiger partial charge on any atom is -0.406 e. The van der Waals surface area contributed by atoms with Gasteiger partial charge in [0.2, 0.25) is 10.0 Å². The van der Waals surface area contributed by atoms with E-state index in [2.05, 4.69) is 9.46 Å². The van der Waals surface area contributed by atoms with E-state index in [1.54, 1.807) is 19.2 Å². The Bertz CT molecular complexity index is 1610. The second-order valence-electron chi connectivity index (χ2n) is 9.75. The Kier molecular flexibility index (Phi) is 8.46. The molecule has 0 aliphatic carbocycles. The number of rotatable bonds is 8. The number of sulfonamides is 1. The average molecular weight is 632 g/mol. The van der Waals surface area contributed by atoms with Crippen molar-refractivity contribution >= 4 is 55.0 Å². The molecule has 0 unspecified atom stereocenters. The molecule has 1 saturated heterocycles. The third-order valence-corrected chi connectivity index (χ3v) is 9.03. The number of nitrogens with one attached hydrogen (secondary N) is 1. The van der Waals surface area contributed by atoms with Crippen LogP contribution in [0.3, 0.4) is 0 Å². The highest BCUT2D eigenvalue weighted by molar-refractivity contribution is 7.89. The first-order valence-electron chi connectivity index (χ1n) is 12.5. The fourth-order valence-corrected chi connectivity index (χ4v) is 6.88. The van der Waals surface area contributed by atoms with Gasteiger partial charge in [-0.05, 0) is 60.7 Å². The molecule has 1 aliphatic heterocycles. The van der Waals surface area contributed by atoms with Crippen LogP contribution >= 0.6 is 23.2 Å². The van der Waals surface area contributed by atoms with Gasteiger partial charge in [-0.15, -0.1) is 13.2 Å². The highest BCUT2D eigenvalue weighted by atomic mass is 35.5. The lowest BCUT2D eigenvalue weighted by molar-refractivity contribution is -0.274. The highest BCUT2D eigenvalue weighted by Gasteiger charge is 2.40. The maximum Gasteiger partial charge on any atom is 0.573 e. The van der Waals surface area contributed by atoms with Gasteiger partial charge in [-0.25, -0.2) is 13.1 Å². The van der Waals surface area contributed by atoms with Crippen LogP contribution in [0.2, 0.25) is 10.0 Å². The SMILES string of the molecule is COCCN1C[C@@H](NS(=O)(=O)c2ccc(OC(F)(F)F)cc2)[C@H](O)[C@@H](n2c3ccc(Cl)cc3c3cc(Cl)ccc32)C1. The Morgan fingerprint density at radius 3 is 2.10 bits per heavy atom. The predicted octanol–water partition coefficient (Wildman–Crippen LogP) is 5.21. The van der Waals surface area contributed by atoms with Crippen LogP contribution in [0.4, 0.5) is 13.2 Å². The first-order chi connectivity index (χ1) is 19.4. The number of alkyl halides is 3. The molecule has 8 nitrogen and oxygen atoms in total. The van der Waals surface area contributed by atoms with Crippen molar-refractivity contribution in [1.82, 2.24) is 14.2 Å². The minimum atomic E-state index is -4.91. The van der Waals surface area contributed by atoms with Gasteiger partial charge in [-0.1, -0.05) is 23.2 Å². The highest BCUT2D eigenvalue weighted by Crippen LogP contribution is 2.38. The molecule has 4 aromatic rings. The summed E-state index contributed by atoms with van der Waals surface area (Å²) in [5, 5.41) is 14.4. The lowest BCUT2D eigenvalue weighted by Crippen LogP contribution is -2.59. The van der Waals surface area contributed by atoms with Gasteiger partial charge in [0, 0.05) is 58.6 Å². The maximum atomic E-state index is 13.3. The molecular weight excluding hydrogens is 606 g/mol. The molecule has 0 amide bonds. The number of likely N-dealkylation sites (tertiary alicyclic amines) is 1. The molecule has 1 aromatic heterocycles. The summed E-state index contributed by atoms with van der Waals surface area (Å²) in [6.07, 6.45) is -6.09. The summed E-state index contributed by atoms with van der Waals surface area (Å²) in [5.41, 5.74) is 1.57. The Morgan fingerprint density at radius 1 is 0.976 bits per heavy atom. The number of methoxy groups -OCH3 is 1. The van der Waals surface area contributed by atoms with Gasteiger partial charge in [0.1, 0.15) is 5.75 Å². The van der Waals surface area contributed by atoms with E-state index in [9.17, 15) is 26.7 Å². The summed E-state index contributed by atoms with van der Waals surface area (Å²) in [5.74, 6) is -0.550. The van der Waals surface area contributed by atoms with E-state index in [4.69, 9.17) is 27.9 Å². The van der Waals surface area contributed by atoms with Crippen molar-refractivity contribution in [3.8, 4) is 5.75 Å². The molecule has 220 valence electrons. The average Bonchev–Trinajstić information content (AvgIpc) is 3.20. The first-order valence-corrected chi connectivity index (χ1v) is 14.8. The molecule has 0 saturated carbocycles. The zero-order valence-electron chi connectivity index (χ0n) is 21.6. The van der Waals surface area contributed by atoms with Crippen molar-refractivity contribution in [3.05, 3.63) is 70.7 Å². The Balaban J connectivity index is 1.51. The maximum absolute atomic E-state index is 13.3. The summed E-state index contributed by atoms with van der Waals surface area (Å²) in [6, 6.07) is 13.1. The summed E-state index contributed by atoms with van der Waals surface area (Å²) in [7, 11) is -2.68. The van der Waals surface area contributed by atoms with Gasteiger partial charge < -0.3 is 19.1 Å². The molecule has 0 radical (unpaired) electrons. The van der Waals surface area contributed by atoms with Crippen molar-refractivity contribution in [1.29, 1.82) is 0 Å². The van der Waals surface area contributed by atoms with E-state index in [-0.39, 0.29) is 11.4 Å². The lowest BCUT2D eigenvalue weighted by Gasteiger charge is -2.42. The molecule has 1 fully saturated rings. The van der Waals surface area contributed by atoms with Gasteiger partial charge >= 0.3 is 6.36 Å². The standard InChI is InChI=1S/C27H26Cl2F3N3O5S/c1-39-11-10-34-14-22(33-41(37,38)19-6-4-18(5-7-19)40-27(30,31)32)26(36)25(15-34)35-23-8-2-16(28)12-20(23)21-13-17(29)3-9-24(21)35/h2-9,12-13,22,25-26,33,36H,10-11,14-15H2,1H3/t22-,25+,26+/m1/s1. The smallest absolute Gasteiger partial charge is 0.406 e. The van der Waals surface area contributed by atoms with Crippen LogP contribution < -0.4 is 9.46 Å². The van der Waals surface area contributed by atoms with Gasteiger partial charge in [0.25, 0.3) is 0 Å². The molecule has 14 heteroatoms. The zero-order valence-corrected chi connectivity index (χ0v) is 23.9. The van der Waals surface area contributed by atoms with Crippen LogP contribution in [0, 0.1) is 0 Å². The van der Waals surface area contributed by atoms with E-state index >= 15 is 0 Å². The van der Waals surface area contributed by atoms with E-state index in [0.29, 0.717) is 29.7 Å². The topological polar surface area (TPSA) is 93.0 Å². The molecular formula is C27H26Cl2F3N3O5S. The van der Waals surface area contributed by atoms with Crippen molar-refractivity contribution in [2.24, 2.45) is 0 Å². The number of aliphatic hydroxyl groups excluding tert-OH is 1. The quantitative estimate of drug-likeness (QED) is 0.277. The number of hydrogen-bond acceptors (Lipinski definition) is 6. The van der Waals surface area contributed by atoms with Crippen LogP contribution in [0.1, 0.15) is 6.04 Å². The van der Waals surface area contributed by atoms with Crippen LogP contribution in [-0.2, 0) is 14.8 Å². The Labute approximate surface area is 244 Å². The zero-order chi connectivity index (χ0) is 29.5. The van der Waals surface area contributed by atoms with Crippen LogP contribution in [0.25, 0.3) is 21.8 Å². The van der Waals surface area contributed by atoms with Crippen LogP contribution in [0.15, 0.2) is 65.6 Å². The molecule has 3 atom stereocenters. The van der Waals surface area contributed by atoms with Crippen molar-refractivity contribution in [2.45, 2.75) is 29.4 Å². The van der Waals surface area contributed by atoms with E-state index in [0.717, 1.165) is 46.1 Å². The van der Waals surface area contributed by atoms with Gasteiger partial charge in [0.05, 0.1) is 29.7 Å². The van der Waals surface area contributed by atoms with E-state index in [1.165, 1.54) is 0 Å². The molecule has 5 rings (SSSR count). The number of piperidine rings is 1. The number of aromatic nitrogens is 1. The number of halogens is 5. The number of nitrogens with zero attached hydrogens (tertiary/aromatic N) is 2. The summed E-state index contributed by atoms with van der Waals surface area (Å²) in [6.45, 7) is 1.40. The molecule has 0 spiro atoms. The van der Waals surface area contributed by atoms with Crippen LogP contribution in [-0.4, -0.2) is 74.9 Å². The second-order valence-corrected chi connectivity index (χ2v) is 12.3. The van der Waals surface area contributed by atoms with E-state index < -0.39 is 40.3 Å². The summed E-state index contributed by atoms with van der Waals surface area (Å²) in [4.78, 5) is 1.71. The Hall–Kier alpha value is -2.58. The molecule has 2 heterocycles. The number of benzene rings is 3.